The van der Waals surface area contributed by atoms with Gasteiger partial charge in [0.1, 0.15) is 5.75 Å². The number of benzene rings is 2. The molecule has 0 atom stereocenters. The molecule has 1 heterocycles. The molecule has 2 aromatic rings. The van der Waals surface area contributed by atoms with E-state index in [9.17, 15) is 13.2 Å². The predicted molar refractivity (Wildman–Crippen MR) is 122 cm³/mol. The van der Waals surface area contributed by atoms with Gasteiger partial charge in [0.2, 0.25) is 10.0 Å². The highest BCUT2D eigenvalue weighted by Crippen LogP contribution is 2.24. The summed E-state index contributed by atoms with van der Waals surface area (Å²) < 4.78 is 33.0. The first-order chi connectivity index (χ1) is 14.8. The molecule has 0 aliphatic carbocycles. The molecule has 0 unspecified atom stereocenters. The third-order valence-corrected chi connectivity index (χ3v) is 7.61. The molecule has 0 radical (unpaired) electrons. The number of hydrazone groups is 1. The van der Waals surface area contributed by atoms with Crippen LogP contribution in [0.15, 0.2) is 56.9 Å². The van der Waals surface area contributed by atoms with E-state index in [0.29, 0.717) is 36.8 Å². The number of halogens is 1. The number of carbonyl (C=O) groups excluding carboxylic acids is 1. The summed E-state index contributed by atoms with van der Waals surface area (Å²) in [6.45, 7) is 4.04. The minimum atomic E-state index is -3.50. The summed E-state index contributed by atoms with van der Waals surface area (Å²) in [5.74, 6) is 0.502. The molecule has 1 fully saturated rings. The molecule has 1 aliphatic rings. The van der Waals surface area contributed by atoms with Crippen molar-refractivity contribution in [1.82, 2.24) is 9.73 Å². The van der Waals surface area contributed by atoms with Crippen LogP contribution in [0.25, 0.3) is 0 Å². The Morgan fingerprint density at radius 2 is 1.90 bits per heavy atom. The Kier molecular flexibility index (Phi) is 7.82. The number of rotatable bonds is 7. The third kappa shape index (κ3) is 6.13. The van der Waals surface area contributed by atoms with Crippen molar-refractivity contribution in [2.75, 3.05) is 39.8 Å². The highest BCUT2D eigenvalue weighted by Gasteiger charge is 2.31. The number of sulfonamides is 1. The molecule has 10 heteroatoms. The average Bonchev–Trinajstić information content (AvgIpc) is 2.74. The van der Waals surface area contributed by atoms with Crippen LogP contribution >= 0.6 is 15.9 Å². The van der Waals surface area contributed by atoms with E-state index in [1.54, 1.807) is 37.6 Å². The molecule has 1 aliphatic heterocycles. The maximum absolute atomic E-state index is 12.8. The van der Waals surface area contributed by atoms with E-state index in [-0.39, 0.29) is 12.5 Å². The first-order valence-corrected chi connectivity index (χ1v) is 12.1. The lowest BCUT2D eigenvalue weighted by molar-refractivity contribution is -0.895. The number of methoxy groups -OCH3 is 1. The Bertz CT molecular complexity index is 1050. The largest absolute Gasteiger partial charge is 0.496 e. The van der Waals surface area contributed by atoms with Crippen LogP contribution in [0.3, 0.4) is 0 Å². The first kappa shape index (κ1) is 23.4. The number of piperazine rings is 1. The Morgan fingerprint density at radius 1 is 1.23 bits per heavy atom. The van der Waals surface area contributed by atoms with E-state index in [1.165, 1.54) is 4.31 Å². The SMILES string of the molecule is COc1ccc(/C=N/NC(=O)C[NH+]2CCN(S(=O)(=O)c3ccc(C)cc3)CC2)cc1Br. The second-order valence-electron chi connectivity index (χ2n) is 7.33. The molecule has 8 nitrogen and oxygen atoms in total. The van der Waals surface area contributed by atoms with E-state index in [0.717, 1.165) is 20.5 Å². The molecule has 0 spiro atoms. The smallest absolute Gasteiger partial charge is 0.295 e. The van der Waals surface area contributed by atoms with Crippen molar-refractivity contribution in [3.05, 3.63) is 58.1 Å². The Balaban J connectivity index is 1.47. The first-order valence-electron chi connectivity index (χ1n) is 9.85. The molecule has 166 valence electrons. The number of ether oxygens (including phenoxy) is 1. The van der Waals surface area contributed by atoms with E-state index in [1.807, 2.05) is 25.1 Å². The fourth-order valence-corrected chi connectivity index (χ4v) is 5.29. The fourth-order valence-electron chi connectivity index (χ4n) is 3.29. The van der Waals surface area contributed by atoms with Crippen molar-refractivity contribution in [1.29, 1.82) is 0 Å². The van der Waals surface area contributed by atoms with Crippen LogP contribution in [0.1, 0.15) is 11.1 Å². The summed E-state index contributed by atoms with van der Waals surface area (Å²) in [6, 6.07) is 12.3. The van der Waals surface area contributed by atoms with E-state index in [2.05, 4.69) is 26.5 Å². The molecule has 1 saturated heterocycles. The second-order valence-corrected chi connectivity index (χ2v) is 10.1. The number of quaternary nitrogens is 1. The minimum absolute atomic E-state index is 0.214. The van der Waals surface area contributed by atoms with Crippen LogP contribution in [0.5, 0.6) is 5.75 Å². The van der Waals surface area contributed by atoms with Gasteiger partial charge >= 0.3 is 0 Å². The fraction of sp³-hybridized carbons (Fsp3) is 0.333. The lowest BCUT2D eigenvalue weighted by Crippen LogP contribution is -3.15. The molecular weight excluding hydrogens is 484 g/mol. The van der Waals surface area contributed by atoms with Crippen LogP contribution in [0.4, 0.5) is 0 Å². The molecule has 31 heavy (non-hydrogen) atoms. The van der Waals surface area contributed by atoms with E-state index in [4.69, 9.17) is 4.74 Å². The number of carbonyl (C=O) groups is 1. The van der Waals surface area contributed by atoms with Crippen molar-refractivity contribution in [2.24, 2.45) is 5.10 Å². The van der Waals surface area contributed by atoms with Gasteiger partial charge in [-0.3, -0.25) is 4.79 Å². The van der Waals surface area contributed by atoms with E-state index < -0.39 is 10.0 Å². The Labute approximate surface area is 191 Å². The van der Waals surface area contributed by atoms with Gasteiger partial charge in [0.15, 0.2) is 6.54 Å². The summed E-state index contributed by atoms with van der Waals surface area (Å²) in [5.41, 5.74) is 4.36. The van der Waals surface area contributed by atoms with Gasteiger partial charge in [0, 0.05) is 0 Å². The molecule has 0 bridgehead atoms. The normalized spacial score (nSPS) is 15.8. The van der Waals surface area contributed by atoms with Gasteiger partial charge in [-0.1, -0.05) is 17.7 Å². The Morgan fingerprint density at radius 3 is 2.52 bits per heavy atom. The lowest BCUT2D eigenvalue weighted by Gasteiger charge is -2.31. The zero-order valence-electron chi connectivity index (χ0n) is 17.5. The molecule has 0 saturated carbocycles. The van der Waals surface area contributed by atoms with Gasteiger partial charge in [-0.2, -0.15) is 9.41 Å². The maximum Gasteiger partial charge on any atom is 0.295 e. The topological polar surface area (TPSA) is 92.5 Å². The van der Waals surface area contributed by atoms with Crippen LogP contribution in [0, 0.1) is 6.92 Å². The molecule has 3 rings (SSSR count). The van der Waals surface area contributed by atoms with Gasteiger partial charge in [0.25, 0.3) is 5.91 Å². The van der Waals surface area contributed by atoms with Crippen LogP contribution in [-0.2, 0) is 14.8 Å². The number of hydrogen-bond donors (Lipinski definition) is 2. The van der Waals surface area contributed by atoms with Gasteiger partial charge in [-0.05, 0) is 58.7 Å². The third-order valence-electron chi connectivity index (χ3n) is 5.08. The molecular formula is C21H26BrN4O4S+. The van der Waals surface area contributed by atoms with Crippen molar-refractivity contribution in [2.45, 2.75) is 11.8 Å². The number of nitrogens with one attached hydrogen (secondary N) is 2. The van der Waals surface area contributed by atoms with Crippen LogP contribution in [-0.4, -0.2) is 64.7 Å². The van der Waals surface area contributed by atoms with Crippen LogP contribution < -0.4 is 15.1 Å². The van der Waals surface area contributed by atoms with Crippen molar-refractivity contribution in [3.63, 3.8) is 0 Å². The summed E-state index contributed by atoms with van der Waals surface area (Å²) in [4.78, 5) is 13.5. The zero-order valence-corrected chi connectivity index (χ0v) is 19.9. The monoisotopic (exact) mass is 509 g/mol. The number of aryl methyl sites for hydroxylation is 1. The van der Waals surface area contributed by atoms with Gasteiger partial charge in [-0.25, -0.2) is 13.8 Å². The van der Waals surface area contributed by atoms with Crippen molar-refractivity contribution < 1.29 is 22.8 Å². The number of amides is 1. The minimum Gasteiger partial charge on any atom is -0.496 e. The maximum atomic E-state index is 12.8. The predicted octanol–water partition coefficient (Wildman–Crippen LogP) is 0.806. The van der Waals surface area contributed by atoms with Crippen molar-refractivity contribution >= 4 is 38.1 Å². The highest BCUT2D eigenvalue weighted by atomic mass is 79.9. The van der Waals surface area contributed by atoms with Crippen LogP contribution in [0.2, 0.25) is 0 Å². The number of nitrogens with zero attached hydrogens (tertiary/aromatic N) is 2. The number of hydrogen-bond acceptors (Lipinski definition) is 5. The van der Waals surface area contributed by atoms with Gasteiger partial charge < -0.3 is 9.64 Å². The van der Waals surface area contributed by atoms with E-state index >= 15 is 0 Å². The summed E-state index contributed by atoms with van der Waals surface area (Å²) in [6.07, 6.45) is 1.56. The summed E-state index contributed by atoms with van der Waals surface area (Å²) in [7, 11) is -1.91. The molecule has 1 amide bonds. The average molecular weight is 510 g/mol. The standard InChI is InChI=1S/C21H25BrN4O4S/c1-16-3-6-18(7-4-16)31(28,29)26-11-9-25(10-12-26)15-21(27)24-23-14-17-5-8-20(30-2)19(22)13-17/h3-8,13-14H,9-12,15H2,1-2H3,(H,24,27)/p+1/b23-14+. The zero-order chi connectivity index (χ0) is 22.4. The van der Waals surface area contributed by atoms with Gasteiger partial charge in [-0.15, -0.1) is 0 Å². The quantitative estimate of drug-likeness (QED) is 0.426. The second kappa shape index (κ2) is 10.4. The Hall–Kier alpha value is -2.27. The summed E-state index contributed by atoms with van der Waals surface area (Å²) in [5, 5.41) is 4.00. The highest BCUT2D eigenvalue weighted by molar-refractivity contribution is 9.10. The van der Waals surface area contributed by atoms with Gasteiger partial charge in [0.05, 0.1) is 48.9 Å². The molecule has 2 aromatic carbocycles. The van der Waals surface area contributed by atoms with Crippen molar-refractivity contribution in [3.8, 4) is 5.75 Å². The molecule has 2 N–H and O–H groups in total. The lowest BCUT2D eigenvalue weighted by atomic mass is 10.2. The molecule has 0 aromatic heterocycles. The summed E-state index contributed by atoms with van der Waals surface area (Å²) >= 11 is 3.41.